The van der Waals surface area contributed by atoms with Crippen LogP contribution in [0.2, 0.25) is 0 Å². The lowest BCUT2D eigenvalue weighted by Gasteiger charge is -2.15. The fourth-order valence-corrected chi connectivity index (χ4v) is 4.89. The third-order valence-corrected chi connectivity index (χ3v) is 6.95. The quantitative estimate of drug-likeness (QED) is 0.246. The average molecular weight is 624 g/mol. The van der Waals surface area contributed by atoms with Crippen LogP contribution in [0.5, 0.6) is 11.5 Å². The first kappa shape index (κ1) is 27.5. The molecule has 0 bridgehead atoms. The van der Waals surface area contributed by atoms with E-state index in [0.717, 1.165) is 27.8 Å². The molecule has 0 saturated carbocycles. The molecule has 1 heterocycles. The van der Waals surface area contributed by atoms with E-state index in [1.807, 2.05) is 48.6 Å². The number of benzene rings is 2. The van der Waals surface area contributed by atoms with E-state index in [1.54, 1.807) is 31.2 Å². The van der Waals surface area contributed by atoms with Crippen molar-refractivity contribution in [2.75, 3.05) is 32.2 Å². The van der Waals surface area contributed by atoms with E-state index >= 15 is 0 Å². The highest BCUT2D eigenvalue weighted by molar-refractivity contribution is 14.1. The van der Waals surface area contributed by atoms with Crippen LogP contribution in [0, 0.1) is 17.4 Å². The van der Waals surface area contributed by atoms with Gasteiger partial charge in [0.05, 0.1) is 22.2 Å². The van der Waals surface area contributed by atoms with Gasteiger partial charge in [0.1, 0.15) is 6.54 Å². The zero-order chi connectivity index (χ0) is 26.4. The van der Waals surface area contributed by atoms with E-state index < -0.39 is 29.6 Å². The third kappa shape index (κ3) is 6.58. The van der Waals surface area contributed by atoms with Crippen molar-refractivity contribution in [1.29, 1.82) is 0 Å². The Labute approximate surface area is 226 Å². The van der Waals surface area contributed by atoms with Crippen molar-refractivity contribution in [3.8, 4) is 11.5 Å². The summed E-state index contributed by atoms with van der Waals surface area (Å²) in [6.45, 7) is 5.30. The molecular weight excluding hydrogens is 599 g/mol. The topological polar surface area (TPSA) is 111 Å². The molecule has 1 aliphatic rings. The smallest absolute Gasteiger partial charge is 0.343 e. The van der Waals surface area contributed by atoms with Gasteiger partial charge in [-0.3, -0.25) is 19.3 Å². The van der Waals surface area contributed by atoms with Gasteiger partial charge in [0.2, 0.25) is 5.91 Å². The molecule has 3 amide bonds. The Morgan fingerprint density at radius 3 is 2.61 bits per heavy atom. The van der Waals surface area contributed by atoms with E-state index in [9.17, 15) is 19.2 Å². The summed E-state index contributed by atoms with van der Waals surface area (Å²) in [7, 11) is 1.27. The van der Waals surface area contributed by atoms with Gasteiger partial charge in [-0.25, -0.2) is 4.79 Å². The minimum Gasteiger partial charge on any atom is -0.490 e. The number of halogens is 1. The van der Waals surface area contributed by atoms with Crippen LogP contribution in [-0.2, 0) is 19.1 Å². The number of aryl methyl sites for hydroxylation is 1. The second kappa shape index (κ2) is 12.3. The van der Waals surface area contributed by atoms with Crippen molar-refractivity contribution in [1.82, 2.24) is 4.90 Å². The highest BCUT2D eigenvalue weighted by Gasteiger charge is 2.36. The van der Waals surface area contributed by atoms with Crippen LogP contribution in [0.25, 0.3) is 6.08 Å². The fourth-order valence-electron chi connectivity index (χ4n) is 3.27. The standard InChI is InChI=1S/C25H25IN2O7S/c1-5-34-19-10-16(9-17(26)23(19)35-13-22(30)33-4)11-20-24(31)28(25(32)36-20)12-21(29)27-18-8-6-7-14(2)15(18)3/h6-11H,5,12-13H2,1-4H3,(H,27,29)/b20-11+. The second-order valence-corrected chi connectivity index (χ2v) is 9.85. The number of rotatable bonds is 9. The number of nitrogens with zero attached hydrogens (tertiary/aromatic N) is 1. The highest BCUT2D eigenvalue weighted by Crippen LogP contribution is 2.37. The van der Waals surface area contributed by atoms with E-state index in [-0.39, 0.29) is 11.5 Å². The largest absolute Gasteiger partial charge is 0.490 e. The van der Waals surface area contributed by atoms with Crippen molar-refractivity contribution in [2.24, 2.45) is 0 Å². The predicted molar refractivity (Wildman–Crippen MR) is 145 cm³/mol. The Morgan fingerprint density at radius 1 is 1.17 bits per heavy atom. The number of methoxy groups -OCH3 is 1. The molecule has 36 heavy (non-hydrogen) atoms. The number of ether oxygens (including phenoxy) is 3. The molecule has 0 spiro atoms. The summed E-state index contributed by atoms with van der Waals surface area (Å²) in [5.41, 5.74) is 3.16. The molecule has 1 saturated heterocycles. The SMILES string of the molecule is CCOc1cc(/C=C2/SC(=O)N(CC(=O)Nc3cccc(C)c3C)C2=O)cc(I)c1OCC(=O)OC. The van der Waals surface area contributed by atoms with Gasteiger partial charge in [-0.1, -0.05) is 12.1 Å². The van der Waals surface area contributed by atoms with Crippen LogP contribution in [0.3, 0.4) is 0 Å². The molecule has 2 aromatic carbocycles. The van der Waals surface area contributed by atoms with Gasteiger partial charge in [-0.05, 0) is 96.1 Å². The number of hydrogen-bond donors (Lipinski definition) is 1. The van der Waals surface area contributed by atoms with Crippen molar-refractivity contribution in [3.05, 3.63) is 55.5 Å². The molecule has 2 aromatic rings. The number of hydrogen-bond acceptors (Lipinski definition) is 8. The Morgan fingerprint density at radius 2 is 1.92 bits per heavy atom. The van der Waals surface area contributed by atoms with Crippen LogP contribution in [0.15, 0.2) is 35.2 Å². The van der Waals surface area contributed by atoms with Gasteiger partial charge in [0, 0.05) is 5.69 Å². The van der Waals surface area contributed by atoms with Crippen LogP contribution >= 0.6 is 34.4 Å². The summed E-state index contributed by atoms with van der Waals surface area (Å²) < 4.78 is 16.5. The monoisotopic (exact) mass is 624 g/mol. The minimum absolute atomic E-state index is 0.181. The summed E-state index contributed by atoms with van der Waals surface area (Å²) in [5.74, 6) is -0.803. The maximum Gasteiger partial charge on any atom is 0.343 e. The Kier molecular flexibility index (Phi) is 9.37. The van der Waals surface area contributed by atoms with Crippen molar-refractivity contribution in [2.45, 2.75) is 20.8 Å². The van der Waals surface area contributed by atoms with E-state index in [0.29, 0.717) is 32.9 Å². The molecule has 0 aliphatic carbocycles. The summed E-state index contributed by atoms with van der Waals surface area (Å²) in [6, 6.07) is 8.91. The highest BCUT2D eigenvalue weighted by atomic mass is 127. The average Bonchev–Trinajstić information content (AvgIpc) is 3.08. The summed E-state index contributed by atoms with van der Waals surface area (Å²) in [5, 5.41) is 2.24. The number of thioether (sulfide) groups is 1. The zero-order valence-corrected chi connectivity index (χ0v) is 23.2. The first-order chi connectivity index (χ1) is 17.1. The predicted octanol–water partition coefficient (Wildman–Crippen LogP) is 4.53. The molecule has 0 aromatic heterocycles. The maximum atomic E-state index is 12.9. The molecular formula is C25H25IN2O7S. The van der Waals surface area contributed by atoms with Gasteiger partial charge in [0.25, 0.3) is 11.1 Å². The van der Waals surface area contributed by atoms with Gasteiger partial charge in [-0.15, -0.1) is 0 Å². The van der Waals surface area contributed by atoms with Crippen LogP contribution in [-0.4, -0.2) is 54.8 Å². The summed E-state index contributed by atoms with van der Waals surface area (Å²) in [4.78, 5) is 50.6. The number of amides is 3. The van der Waals surface area contributed by atoms with Crippen molar-refractivity contribution < 1.29 is 33.4 Å². The molecule has 0 radical (unpaired) electrons. The molecule has 3 rings (SSSR count). The zero-order valence-electron chi connectivity index (χ0n) is 20.2. The Bertz CT molecular complexity index is 1250. The first-order valence-corrected chi connectivity index (χ1v) is 12.8. The lowest BCUT2D eigenvalue weighted by molar-refractivity contribution is -0.143. The van der Waals surface area contributed by atoms with Crippen LogP contribution in [0.1, 0.15) is 23.6 Å². The number of nitrogens with one attached hydrogen (secondary N) is 1. The maximum absolute atomic E-state index is 12.9. The first-order valence-electron chi connectivity index (χ1n) is 10.9. The van der Waals surface area contributed by atoms with Crippen molar-refractivity contribution in [3.63, 3.8) is 0 Å². The number of imide groups is 1. The second-order valence-electron chi connectivity index (χ2n) is 7.69. The van der Waals surface area contributed by atoms with Crippen LogP contribution < -0.4 is 14.8 Å². The number of esters is 1. The van der Waals surface area contributed by atoms with Crippen molar-refractivity contribution >= 4 is 69.1 Å². The Balaban J connectivity index is 1.77. The van der Waals surface area contributed by atoms with Gasteiger partial charge < -0.3 is 19.5 Å². The van der Waals surface area contributed by atoms with Gasteiger partial charge in [0.15, 0.2) is 18.1 Å². The van der Waals surface area contributed by atoms with E-state index in [1.165, 1.54) is 7.11 Å². The van der Waals surface area contributed by atoms with E-state index in [2.05, 4.69) is 10.1 Å². The number of anilines is 1. The molecule has 1 N–H and O–H groups in total. The fraction of sp³-hybridized carbons (Fsp3) is 0.280. The molecule has 0 atom stereocenters. The lowest BCUT2D eigenvalue weighted by Crippen LogP contribution is -2.36. The van der Waals surface area contributed by atoms with Gasteiger partial charge >= 0.3 is 5.97 Å². The number of carbonyl (C=O) groups excluding carboxylic acids is 4. The lowest BCUT2D eigenvalue weighted by atomic mass is 10.1. The Hall–Kier alpha value is -3.06. The van der Waals surface area contributed by atoms with Crippen LogP contribution in [0.4, 0.5) is 10.5 Å². The normalized spacial score (nSPS) is 14.2. The minimum atomic E-state index is -0.555. The molecule has 11 heteroatoms. The molecule has 9 nitrogen and oxygen atoms in total. The molecule has 190 valence electrons. The molecule has 1 fully saturated rings. The third-order valence-electron chi connectivity index (χ3n) is 5.25. The summed E-state index contributed by atoms with van der Waals surface area (Å²) >= 11 is 2.79. The summed E-state index contributed by atoms with van der Waals surface area (Å²) in [6.07, 6.45) is 1.56. The molecule has 0 unspecified atom stereocenters. The van der Waals surface area contributed by atoms with Gasteiger partial charge in [-0.2, -0.15) is 0 Å². The van der Waals surface area contributed by atoms with E-state index in [4.69, 9.17) is 9.47 Å². The molecule has 1 aliphatic heterocycles. The number of carbonyl (C=O) groups is 4.